The summed E-state index contributed by atoms with van der Waals surface area (Å²) in [4.78, 5) is 31.0. The predicted octanol–water partition coefficient (Wildman–Crippen LogP) is 0.902. The number of aromatic nitrogens is 5. The van der Waals surface area contributed by atoms with Crippen LogP contribution in [0.25, 0.3) is 5.52 Å². The zero-order valence-corrected chi connectivity index (χ0v) is 13.9. The number of hydrogen-bond acceptors (Lipinski definition) is 4. The number of aryl methyl sites for hydroxylation is 2. The average Bonchev–Trinajstić information content (AvgIpc) is 3.12. The van der Waals surface area contributed by atoms with Crippen molar-refractivity contribution in [1.82, 2.24) is 29.5 Å². The van der Waals surface area contributed by atoms with Gasteiger partial charge in [-0.1, -0.05) is 6.92 Å². The molecular formula is C16H20N6O2. The molecule has 24 heavy (non-hydrogen) atoms. The molecule has 3 aromatic heterocycles. The number of fused-ring (bicyclic) bond motifs is 1. The third-order valence-corrected chi connectivity index (χ3v) is 3.87. The Kier molecular flexibility index (Phi) is 4.20. The van der Waals surface area contributed by atoms with Crippen molar-refractivity contribution in [2.45, 2.75) is 27.3 Å². The van der Waals surface area contributed by atoms with Crippen molar-refractivity contribution in [2.24, 2.45) is 5.92 Å². The third-order valence-electron chi connectivity index (χ3n) is 3.87. The van der Waals surface area contributed by atoms with Crippen molar-refractivity contribution in [3.05, 3.63) is 52.2 Å². The van der Waals surface area contributed by atoms with Crippen LogP contribution in [0.3, 0.4) is 0 Å². The Morgan fingerprint density at radius 2 is 2.21 bits per heavy atom. The molecule has 1 atom stereocenters. The lowest BCUT2D eigenvalue weighted by Crippen LogP contribution is -2.30. The highest BCUT2D eigenvalue weighted by Gasteiger charge is 2.14. The van der Waals surface area contributed by atoms with Crippen LogP contribution in [0, 0.1) is 19.8 Å². The Morgan fingerprint density at radius 1 is 1.42 bits per heavy atom. The molecule has 0 aliphatic carbocycles. The molecule has 126 valence electrons. The Hall–Kier alpha value is -2.90. The van der Waals surface area contributed by atoms with Crippen molar-refractivity contribution >= 4 is 11.4 Å². The van der Waals surface area contributed by atoms with Crippen LogP contribution in [0.5, 0.6) is 0 Å². The summed E-state index contributed by atoms with van der Waals surface area (Å²) in [6, 6.07) is 1.50. The molecular weight excluding hydrogens is 308 g/mol. The number of imidazole rings is 1. The maximum absolute atomic E-state index is 12.3. The molecule has 8 nitrogen and oxygen atoms in total. The van der Waals surface area contributed by atoms with Gasteiger partial charge in [0.25, 0.3) is 11.5 Å². The molecule has 3 rings (SSSR count). The number of nitrogens with zero attached hydrogens (tertiary/aromatic N) is 4. The maximum atomic E-state index is 12.3. The summed E-state index contributed by atoms with van der Waals surface area (Å²) in [5, 5.41) is 7.04. The van der Waals surface area contributed by atoms with Gasteiger partial charge in [0.05, 0.1) is 0 Å². The van der Waals surface area contributed by atoms with Crippen LogP contribution in [-0.4, -0.2) is 36.6 Å². The van der Waals surface area contributed by atoms with E-state index in [2.05, 4.69) is 27.3 Å². The summed E-state index contributed by atoms with van der Waals surface area (Å²) < 4.78 is 3.48. The van der Waals surface area contributed by atoms with Gasteiger partial charge in [0.15, 0.2) is 5.69 Å². The van der Waals surface area contributed by atoms with Gasteiger partial charge in [-0.3, -0.25) is 9.59 Å². The number of carbonyl (C=O) groups is 1. The Labute approximate surface area is 138 Å². The molecule has 0 aromatic carbocycles. The zero-order valence-electron chi connectivity index (χ0n) is 13.9. The van der Waals surface area contributed by atoms with E-state index in [0.717, 1.165) is 12.4 Å². The second-order valence-electron chi connectivity index (χ2n) is 6.07. The van der Waals surface area contributed by atoms with E-state index in [0.29, 0.717) is 17.8 Å². The topological polar surface area (TPSA) is 97.1 Å². The van der Waals surface area contributed by atoms with Gasteiger partial charge >= 0.3 is 0 Å². The van der Waals surface area contributed by atoms with Gasteiger partial charge in [-0.25, -0.2) is 9.50 Å². The maximum Gasteiger partial charge on any atom is 0.274 e. The molecule has 0 bridgehead atoms. The minimum Gasteiger partial charge on any atom is -0.350 e. The van der Waals surface area contributed by atoms with Crippen LogP contribution < -0.4 is 10.9 Å². The molecule has 8 heteroatoms. The first-order chi connectivity index (χ1) is 11.4. The number of amides is 1. The van der Waals surface area contributed by atoms with Crippen LogP contribution in [0.15, 0.2) is 29.5 Å². The van der Waals surface area contributed by atoms with Crippen molar-refractivity contribution < 1.29 is 4.79 Å². The second-order valence-corrected chi connectivity index (χ2v) is 6.07. The van der Waals surface area contributed by atoms with Crippen LogP contribution in [0.1, 0.15) is 28.9 Å². The third kappa shape index (κ3) is 3.22. The Balaban J connectivity index is 1.66. The van der Waals surface area contributed by atoms with Gasteiger partial charge in [0, 0.05) is 43.4 Å². The van der Waals surface area contributed by atoms with E-state index in [4.69, 9.17) is 0 Å². The van der Waals surface area contributed by atoms with Crippen molar-refractivity contribution in [1.29, 1.82) is 0 Å². The van der Waals surface area contributed by atoms with E-state index in [9.17, 15) is 9.59 Å². The van der Waals surface area contributed by atoms with Crippen molar-refractivity contribution in [3.63, 3.8) is 0 Å². The van der Waals surface area contributed by atoms with Gasteiger partial charge < -0.3 is 14.9 Å². The van der Waals surface area contributed by atoms with Gasteiger partial charge in [-0.05, 0) is 19.8 Å². The van der Waals surface area contributed by atoms with E-state index in [1.165, 1.54) is 10.6 Å². The fourth-order valence-corrected chi connectivity index (χ4v) is 2.59. The summed E-state index contributed by atoms with van der Waals surface area (Å²) in [5.74, 6) is 0.901. The van der Waals surface area contributed by atoms with E-state index in [1.807, 2.05) is 17.7 Å². The van der Waals surface area contributed by atoms with E-state index < -0.39 is 0 Å². The molecule has 1 unspecified atom stereocenters. The standard InChI is InChI=1S/C16H20N6O2/c1-10(8-21-5-4-17-12(21)3)7-18-15(23)13-6-14-16(24)19-11(2)9-22(14)20-13/h4-6,9-10H,7-8H2,1-3H3,(H,18,23)(H,19,24). The molecule has 3 aromatic rings. The van der Waals surface area contributed by atoms with E-state index >= 15 is 0 Å². The first-order valence-corrected chi connectivity index (χ1v) is 7.79. The first kappa shape index (κ1) is 16.0. The normalized spacial score (nSPS) is 12.5. The number of nitrogens with one attached hydrogen (secondary N) is 2. The second kappa shape index (κ2) is 6.31. The van der Waals surface area contributed by atoms with Crippen LogP contribution in [0.4, 0.5) is 0 Å². The van der Waals surface area contributed by atoms with E-state index in [1.54, 1.807) is 19.3 Å². The van der Waals surface area contributed by atoms with Gasteiger partial charge in [-0.2, -0.15) is 5.10 Å². The monoisotopic (exact) mass is 328 g/mol. The van der Waals surface area contributed by atoms with Gasteiger partial charge in [0.1, 0.15) is 11.3 Å². The average molecular weight is 328 g/mol. The lowest BCUT2D eigenvalue weighted by Gasteiger charge is -2.13. The quantitative estimate of drug-likeness (QED) is 0.727. The minimum absolute atomic E-state index is 0.233. The van der Waals surface area contributed by atoms with Crippen molar-refractivity contribution in [3.8, 4) is 0 Å². The molecule has 0 aliphatic heterocycles. The van der Waals surface area contributed by atoms with Crippen molar-refractivity contribution in [2.75, 3.05) is 6.54 Å². The molecule has 1 amide bonds. The highest BCUT2D eigenvalue weighted by atomic mass is 16.2. The lowest BCUT2D eigenvalue weighted by atomic mass is 10.2. The van der Waals surface area contributed by atoms with Crippen LogP contribution in [0.2, 0.25) is 0 Å². The molecule has 3 heterocycles. The highest BCUT2D eigenvalue weighted by Crippen LogP contribution is 2.05. The molecule has 0 radical (unpaired) electrons. The molecule has 2 N–H and O–H groups in total. The minimum atomic E-state index is -0.287. The summed E-state index contributed by atoms with van der Waals surface area (Å²) in [6.45, 7) is 7.05. The fourth-order valence-electron chi connectivity index (χ4n) is 2.59. The van der Waals surface area contributed by atoms with E-state index in [-0.39, 0.29) is 23.1 Å². The molecule has 0 aliphatic rings. The predicted molar refractivity (Wildman–Crippen MR) is 89.0 cm³/mol. The molecule has 0 spiro atoms. The highest BCUT2D eigenvalue weighted by molar-refractivity contribution is 5.93. The largest absolute Gasteiger partial charge is 0.350 e. The number of carbonyl (C=O) groups excluding carboxylic acids is 1. The van der Waals surface area contributed by atoms with Gasteiger partial charge in [-0.15, -0.1) is 0 Å². The molecule has 0 saturated heterocycles. The number of hydrogen-bond donors (Lipinski definition) is 2. The number of rotatable bonds is 5. The summed E-state index contributed by atoms with van der Waals surface area (Å²) in [6.07, 6.45) is 5.36. The zero-order chi connectivity index (χ0) is 17.3. The van der Waals surface area contributed by atoms with Gasteiger partial charge in [0.2, 0.25) is 0 Å². The van der Waals surface area contributed by atoms with Crippen LogP contribution >= 0.6 is 0 Å². The van der Waals surface area contributed by atoms with Crippen LogP contribution in [-0.2, 0) is 6.54 Å². The molecule has 0 saturated carbocycles. The SMILES string of the molecule is Cc1cn2nc(C(=O)NCC(C)Cn3ccnc3C)cc2c(=O)[nH]1. The summed E-state index contributed by atoms with van der Waals surface area (Å²) in [7, 11) is 0. The lowest BCUT2D eigenvalue weighted by molar-refractivity contribution is 0.0941. The number of H-pyrrole nitrogens is 1. The fraction of sp³-hybridized carbons (Fsp3) is 0.375. The smallest absolute Gasteiger partial charge is 0.274 e. The summed E-state index contributed by atoms with van der Waals surface area (Å²) in [5.41, 5.74) is 1.02. The first-order valence-electron chi connectivity index (χ1n) is 7.79. The summed E-state index contributed by atoms with van der Waals surface area (Å²) >= 11 is 0. The number of aromatic amines is 1. The molecule has 0 fully saturated rings. The Bertz CT molecular complexity index is 936. The Morgan fingerprint density at radius 3 is 2.92 bits per heavy atom.